The lowest BCUT2D eigenvalue weighted by Crippen LogP contribution is -2.33. The average molecular weight is 327 g/mol. The van der Waals surface area contributed by atoms with Gasteiger partial charge in [-0.15, -0.1) is 0 Å². The standard InChI is InChI=1S/C19H25N3O2/c1-22-8-7-21-19(22)18-16(3-2-9-24-18)13-20-12-14-4-5-17-15(11-14)6-10-23-17/h4-5,7-8,11,16,18,20H,2-3,6,9-10,12-13H2,1H3/t16-,18+/m0/s1. The van der Waals surface area contributed by atoms with Gasteiger partial charge in [0.25, 0.3) is 0 Å². The molecule has 5 nitrogen and oxygen atoms in total. The Bertz CT molecular complexity index is 698. The van der Waals surface area contributed by atoms with Crippen molar-refractivity contribution in [3.8, 4) is 5.75 Å². The molecule has 0 saturated carbocycles. The molecule has 2 aromatic rings. The summed E-state index contributed by atoms with van der Waals surface area (Å²) in [5, 5.41) is 3.62. The highest BCUT2D eigenvalue weighted by atomic mass is 16.5. The van der Waals surface area contributed by atoms with Gasteiger partial charge in [-0.3, -0.25) is 0 Å². The van der Waals surface area contributed by atoms with Gasteiger partial charge in [-0.05, 0) is 30.0 Å². The molecule has 2 aliphatic rings. The van der Waals surface area contributed by atoms with Crippen LogP contribution in [-0.4, -0.2) is 29.3 Å². The van der Waals surface area contributed by atoms with Crippen molar-refractivity contribution in [3.05, 3.63) is 47.5 Å². The molecule has 0 radical (unpaired) electrons. The molecule has 2 aliphatic heterocycles. The average Bonchev–Trinajstić information content (AvgIpc) is 3.23. The van der Waals surface area contributed by atoms with Crippen LogP contribution in [0.2, 0.25) is 0 Å². The molecule has 1 N–H and O–H groups in total. The van der Waals surface area contributed by atoms with E-state index < -0.39 is 0 Å². The number of aromatic nitrogens is 2. The summed E-state index contributed by atoms with van der Waals surface area (Å²) in [5.41, 5.74) is 2.66. The third-order valence-corrected chi connectivity index (χ3v) is 5.05. The molecule has 0 bridgehead atoms. The number of imidazole rings is 1. The number of fused-ring (bicyclic) bond motifs is 1. The van der Waals surface area contributed by atoms with E-state index in [2.05, 4.69) is 33.1 Å². The Kier molecular flexibility index (Phi) is 4.54. The fraction of sp³-hybridized carbons (Fsp3) is 0.526. The zero-order valence-electron chi connectivity index (χ0n) is 14.2. The highest BCUT2D eigenvalue weighted by molar-refractivity contribution is 5.39. The van der Waals surface area contributed by atoms with Gasteiger partial charge >= 0.3 is 0 Å². The van der Waals surface area contributed by atoms with Crippen LogP contribution in [0.5, 0.6) is 5.75 Å². The number of hydrogen-bond acceptors (Lipinski definition) is 4. The SMILES string of the molecule is Cn1ccnc1[C@@H]1OCCC[C@H]1CNCc1ccc2c(c1)CCO2. The molecule has 1 aromatic heterocycles. The van der Waals surface area contributed by atoms with Gasteiger partial charge in [-0.2, -0.15) is 0 Å². The molecular weight excluding hydrogens is 302 g/mol. The summed E-state index contributed by atoms with van der Waals surface area (Å²) < 4.78 is 13.7. The van der Waals surface area contributed by atoms with Gasteiger partial charge in [0, 0.05) is 51.5 Å². The van der Waals surface area contributed by atoms with E-state index in [0.29, 0.717) is 5.92 Å². The Balaban J connectivity index is 1.36. The second-order valence-electron chi connectivity index (χ2n) is 6.76. The molecule has 24 heavy (non-hydrogen) atoms. The fourth-order valence-corrected chi connectivity index (χ4v) is 3.74. The van der Waals surface area contributed by atoms with Gasteiger partial charge in [0.15, 0.2) is 0 Å². The van der Waals surface area contributed by atoms with Crippen LogP contribution in [0.3, 0.4) is 0 Å². The Labute approximate surface area is 143 Å². The van der Waals surface area contributed by atoms with Crippen molar-refractivity contribution < 1.29 is 9.47 Å². The predicted octanol–water partition coefficient (Wildman–Crippen LogP) is 2.61. The van der Waals surface area contributed by atoms with Crippen LogP contribution in [0.4, 0.5) is 0 Å². The third-order valence-electron chi connectivity index (χ3n) is 5.05. The number of aryl methyl sites for hydroxylation is 1. The Morgan fingerprint density at radius 2 is 2.29 bits per heavy atom. The summed E-state index contributed by atoms with van der Waals surface area (Å²) in [4.78, 5) is 4.49. The van der Waals surface area contributed by atoms with Gasteiger partial charge < -0.3 is 19.4 Å². The molecule has 0 spiro atoms. The van der Waals surface area contributed by atoms with Crippen LogP contribution < -0.4 is 10.1 Å². The quantitative estimate of drug-likeness (QED) is 0.917. The fourth-order valence-electron chi connectivity index (χ4n) is 3.74. The van der Waals surface area contributed by atoms with Crippen molar-refractivity contribution in [2.24, 2.45) is 13.0 Å². The molecule has 0 amide bonds. The summed E-state index contributed by atoms with van der Waals surface area (Å²) in [5.74, 6) is 2.56. The monoisotopic (exact) mass is 327 g/mol. The molecule has 1 saturated heterocycles. The van der Waals surface area contributed by atoms with Crippen molar-refractivity contribution in [1.29, 1.82) is 0 Å². The maximum atomic E-state index is 6.04. The van der Waals surface area contributed by atoms with Gasteiger partial charge in [-0.25, -0.2) is 4.98 Å². The maximum Gasteiger partial charge on any atom is 0.137 e. The molecular formula is C19H25N3O2. The lowest BCUT2D eigenvalue weighted by Gasteiger charge is -2.31. The maximum absolute atomic E-state index is 6.04. The van der Waals surface area contributed by atoms with E-state index in [0.717, 1.165) is 50.7 Å². The van der Waals surface area contributed by atoms with E-state index in [1.54, 1.807) is 0 Å². The van der Waals surface area contributed by atoms with Crippen LogP contribution in [0, 0.1) is 5.92 Å². The molecule has 1 fully saturated rings. The first-order valence-electron chi connectivity index (χ1n) is 8.85. The lowest BCUT2D eigenvalue weighted by molar-refractivity contribution is -0.0344. The molecule has 2 atom stereocenters. The van der Waals surface area contributed by atoms with Crippen LogP contribution >= 0.6 is 0 Å². The first-order valence-corrected chi connectivity index (χ1v) is 8.85. The second kappa shape index (κ2) is 6.95. The van der Waals surface area contributed by atoms with E-state index in [9.17, 15) is 0 Å². The predicted molar refractivity (Wildman–Crippen MR) is 92.0 cm³/mol. The van der Waals surface area contributed by atoms with Crippen molar-refractivity contribution in [2.45, 2.75) is 31.9 Å². The first-order chi connectivity index (χ1) is 11.8. The smallest absolute Gasteiger partial charge is 0.137 e. The van der Waals surface area contributed by atoms with Crippen molar-refractivity contribution in [2.75, 3.05) is 19.8 Å². The first kappa shape index (κ1) is 15.7. The van der Waals surface area contributed by atoms with Crippen molar-refractivity contribution in [3.63, 3.8) is 0 Å². The number of benzene rings is 1. The second-order valence-corrected chi connectivity index (χ2v) is 6.76. The zero-order valence-corrected chi connectivity index (χ0v) is 14.2. The largest absolute Gasteiger partial charge is 0.493 e. The molecule has 0 unspecified atom stereocenters. The number of hydrogen-bond donors (Lipinski definition) is 1. The molecule has 5 heteroatoms. The number of nitrogens with zero attached hydrogens (tertiary/aromatic N) is 2. The highest BCUT2D eigenvalue weighted by Crippen LogP contribution is 2.32. The molecule has 4 rings (SSSR count). The number of ether oxygens (including phenoxy) is 2. The normalized spacial score (nSPS) is 23.0. The van der Waals surface area contributed by atoms with Gasteiger partial charge in [0.2, 0.25) is 0 Å². The van der Waals surface area contributed by atoms with E-state index in [1.165, 1.54) is 17.5 Å². The third kappa shape index (κ3) is 3.19. The van der Waals surface area contributed by atoms with Crippen LogP contribution in [-0.2, 0) is 24.8 Å². The van der Waals surface area contributed by atoms with E-state index in [1.807, 2.05) is 19.4 Å². The highest BCUT2D eigenvalue weighted by Gasteiger charge is 2.29. The van der Waals surface area contributed by atoms with Crippen LogP contribution in [0.1, 0.15) is 35.9 Å². The molecule has 3 heterocycles. The van der Waals surface area contributed by atoms with Crippen LogP contribution in [0.25, 0.3) is 0 Å². The minimum Gasteiger partial charge on any atom is -0.493 e. The summed E-state index contributed by atoms with van der Waals surface area (Å²) in [6.07, 6.45) is 7.28. The Morgan fingerprint density at radius 1 is 1.33 bits per heavy atom. The minimum absolute atomic E-state index is 0.0969. The van der Waals surface area contributed by atoms with E-state index in [4.69, 9.17) is 9.47 Å². The van der Waals surface area contributed by atoms with Gasteiger partial charge in [0.1, 0.15) is 17.7 Å². The topological polar surface area (TPSA) is 48.3 Å². The van der Waals surface area contributed by atoms with Crippen molar-refractivity contribution >= 4 is 0 Å². The van der Waals surface area contributed by atoms with E-state index in [-0.39, 0.29) is 6.10 Å². The zero-order chi connectivity index (χ0) is 16.4. The van der Waals surface area contributed by atoms with E-state index >= 15 is 0 Å². The summed E-state index contributed by atoms with van der Waals surface area (Å²) in [6, 6.07) is 6.52. The van der Waals surface area contributed by atoms with Gasteiger partial charge in [0.05, 0.1) is 6.61 Å². The molecule has 0 aliphatic carbocycles. The Hall–Kier alpha value is -1.85. The van der Waals surface area contributed by atoms with Gasteiger partial charge in [-0.1, -0.05) is 12.1 Å². The minimum atomic E-state index is 0.0969. The Morgan fingerprint density at radius 3 is 3.17 bits per heavy atom. The van der Waals surface area contributed by atoms with Crippen molar-refractivity contribution in [1.82, 2.24) is 14.9 Å². The summed E-state index contributed by atoms with van der Waals surface area (Å²) in [6.45, 7) is 3.48. The number of nitrogens with one attached hydrogen (secondary N) is 1. The molecule has 1 aromatic carbocycles. The lowest BCUT2D eigenvalue weighted by atomic mass is 9.93. The summed E-state index contributed by atoms with van der Waals surface area (Å²) >= 11 is 0. The van der Waals surface area contributed by atoms with Crippen LogP contribution in [0.15, 0.2) is 30.6 Å². The summed E-state index contributed by atoms with van der Waals surface area (Å²) in [7, 11) is 2.04. The molecule has 128 valence electrons. The number of rotatable bonds is 5.